The van der Waals surface area contributed by atoms with E-state index in [0.717, 1.165) is 44.9 Å². The number of guanidine groups is 1. The largest absolute Gasteiger partial charge is 0.379 e. The lowest BCUT2D eigenvalue weighted by molar-refractivity contribution is 0.0487. The summed E-state index contributed by atoms with van der Waals surface area (Å²) in [5.41, 5.74) is 1.34. The van der Waals surface area contributed by atoms with Crippen LogP contribution >= 0.6 is 24.0 Å². The lowest BCUT2D eigenvalue weighted by Gasteiger charge is -2.25. The van der Waals surface area contributed by atoms with E-state index in [2.05, 4.69) is 71.9 Å². The molecule has 7 heteroatoms. The third-order valence-electron chi connectivity index (χ3n) is 4.33. The first-order valence-electron chi connectivity index (χ1n) is 9.97. The van der Waals surface area contributed by atoms with Crippen molar-refractivity contribution in [1.29, 1.82) is 0 Å². The molecule has 1 unspecified atom stereocenters. The Hall–Kier alpha value is -0.900. The van der Waals surface area contributed by atoms with E-state index < -0.39 is 0 Å². The Balaban J connectivity index is 0.00000729. The zero-order valence-corrected chi connectivity index (χ0v) is 20.3. The molecule has 0 saturated heterocycles. The predicted octanol–water partition coefficient (Wildman–Crippen LogP) is 2.78. The number of likely N-dealkylation sites (N-methyl/N-ethyl adjacent to an activating group) is 1. The molecule has 0 saturated carbocycles. The van der Waals surface area contributed by atoms with Gasteiger partial charge in [0.25, 0.3) is 0 Å². The number of hydrogen-bond acceptors (Lipinski definition) is 4. The minimum absolute atomic E-state index is 0. The highest BCUT2D eigenvalue weighted by atomic mass is 127. The molecule has 0 aromatic heterocycles. The Labute approximate surface area is 188 Å². The van der Waals surface area contributed by atoms with Crippen molar-refractivity contribution < 1.29 is 9.47 Å². The number of nitrogens with one attached hydrogen (secondary N) is 2. The molecule has 0 radical (unpaired) electrons. The maximum Gasteiger partial charge on any atom is 0.191 e. The Kier molecular flexibility index (Phi) is 17.6. The van der Waals surface area contributed by atoms with Gasteiger partial charge in [0.2, 0.25) is 0 Å². The first-order chi connectivity index (χ1) is 13.2. The number of unbranched alkanes of at least 4 members (excludes halogenated alkanes) is 1. The van der Waals surface area contributed by atoms with Crippen molar-refractivity contribution in [3.63, 3.8) is 0 Å². The highest BCUT2D eigenvalue weighted by Gasteiger charge is 2.12. The van der Waals surface area contributed by atoms with E-state index in [4.69, 9.17) is 9.47 Å². The van der Waals surface area contributed by atoms with Gasteiger partial charge in [0, 0.05) is 32.8 Å². The molecular weight excluding hydrogens is 467 g/mol. The van der Waals surface area contributed by atoms with Crippen LogP contribution in [0.2, 0.25) is 0 Å². The minimum Gasteiger partial charge on any atom is -0.379 e. The maximum absolute atomic E-state index is 5.57. The molecule has 162 valence electrons. The maximum atomic E-state index is 5.57. The summed E-state index contributed by atoms with van der Waals surface area (Å²) in [7, 11) is 6.02. The lowest BCUT2D eigenvalue weighted by atomic mass is 10.1. The Morgan fingerprint density at radius 1 is 1.04 bits per heavy atom. The number of hydrogen-bond donors (Lipinski definition) is 2. The highest BCUT2D eigenvalue weighted by molar-refractivity contribution is 14.0. The molecular formula is C21H39IN4O2. The number of rotatable bonds is 14. The summed E-state index contributed by atoms with van der Waals surface area (Å²) in [6.07, 6.45) is 3.28. The van der Waals surface area contributed by atoms with E-state index in [1.54, 1.807) is 7.05 Å². The fourth-order valence-electron chi connectivity index (χ4n) is 2.57. The van der Waals surface area contributed by atoms with Gasteiger partial charge in [0.1, 0.15) is 0 Å². The van der Waals surface area contributed by atoms with Crippen molar-refractivity contribution >= 4 is 29.9 Å². The van der Waals surface area contributed by atoms with Crippen LogP contribution < -0.4 is 10.6 Å². The van der Waals surface area contributed by atoms with Crippen LogP contribution in [0.15, 0.2) is 35.3 Å². The van der Waals surface area contributed by atoms with Gasteiger partial charge in [0.15, 0.2) is 5.96 Å². The van der Waals surface area contributed by atoms with Gasteiger partial charge in [-0.3, -0.25) is 4.99 Å². The summed E-state index contributed by atoms with van der Waals surface area (Å²) in [6, 6.07) is 11.0. The van der Waals surface area contributed by atoms with E-state index in [-0.39, 0.29) is 24.0 Å². The fourth-order valence-corrected chi connectivity index (χ4v) is 2.57. The summed E-state index contributed by atoms with van der Waals surface area (Å²) in [5.74, 6) is 0.803. The lowest BCUT2D eigenvalue weighted by Crippen LogP contribution is -2.46. The van der Waals surface area contributed by atoms with Gasteiger partial charge < -0.3 is 25.0 Å². The molecule has 0 heterocycles. The van der Waals surface area contributed by atoms with Gasteiger partial charge in [-0.1, -0.05) is 43.7 Å². The summed E-state index contributed by atoms with van der Waals surface area (Å²) >= 11 is 0. The van der Waals surface area contributed by atoms with Crippen molar-refractivity contribution in [2.75, 3.05) is 60.7 Å². The molecule has 1 aromatic rings. The molecule has 1 aromatic carbocycles. The van der Waals surface area contributed by atoms with Crippen molar-refractivity contribution in [1.82, 2.24) is 15.5 Å². The zero-order valence-electron chi connectivity index (χ0n) is 17.9. The first-order valence-corrected chi connectivity index (χ1v) is 9.97. The Morgan fingerprint density at radius 2 is 1.71 bits per heavy atom. The molecule has 2 N–H and O–H groups in total. The molecule has 0 fully saturated rings. The normalized spacial score (nSPS) is 12.5. The van der Waals surface area contributed by atoms with Crippen molar-refractivity contribution in [3.8, 4) is 0 Å². The average molecular weight is 506 g/mol. The molecule has 6 nitrogen and oxygen atoms in total. The number of benzene rings is 1. The van der Waals surface area contributed by atoms with Crippen LogP contribution in [0.25, 0.3) is 0 Å². The van der Waals surface area contributed by atoms with Crippen LogP contribution in [-0.2, 0) is 15.9 Å². The average Bonchev–Trinajstić information content (AvgIpc) is 2.68. The topological polar surface area (TPSA) is 58.1 Å². The molecule has 1 atom stereocenters. The van der Waals surface area contributed by atoms with E-state index in [9.17, 15) is 0 Å². The molecule has 0 aliphatic carbocycles. The number of ether oxygens (including phenoxy) is 2. The van der Waals surface area contributed by atoms with Gasteiger partial charge in [-0.25, -0.2) is 0 Å². The van der Waals surface area contributed by atoms with E-state index in [1.807, 2.05) is 0 Å². The standard InChI is InChI=1S/C21H38N4O2.HI/c1-5-6-13-26-15-16-27-14-12-23-21(22-2)24-18-20(25(3)4)17-19-10-8-7-9-11-19;/h7-11,20H,5-6,12-18H2,1-4H3,(H2,22,23,24);1H. The molecule has 0 bridgehead atoms. The highest BCUT2D eigenvalue weighted by Crippen LogP contribution is 2.06. The molecule has 0 amide bonds. The third kappa shape index (κ3) is 13.3. The van der Waals surface area contributed by atoms with Gasteiger partial charge in [-0.05, 0) is 32.5 Å². The molecule has 1 rings (SSSR count). The SMILES string of the molecule is CCCCOCCOCCNC(=NC)NCC(Cc1ccccc1)N(C)C.I. The summed E-state index contributed by atoms with van der Waals surface area (Å²) in [6.45, 7) is 6.47. The second-order valence-electron chi connectivity index (χ2n) is 6.77. The number of nitrogens with zero attached hydrogens (tertiary/aromatic N) is 2. The van der Waals surface area contributed by atoms with Crippen LogP contribution in [-0.4, -0.2) is 77.6 Å². The molecule has 0 spiro atoms. The van der Waals surface area contributed by atoms with Crippen LogP contribution in [0, 0.1) is 0 Å². The zero-order chi connectivity index (χ0) is 19.7. The van der Waals surface area contributed by atoms with Crippen molar-refractivity contribution in [2.24, 2.45) is 4.99 Å². The van der Waals surface area contributed by atoms with Gasteiger partial charge >= 0.3 is 0 Å². The second kappa shape index (κ2) is 18.1. The smallest absolute Gasteiger partial charge is 0.191 e. The van der Waals surface area contributed by atoms with E-state index in [0.29, 0.717) is 25.9 Å². The van der Waals surface area contributed by atoms with Gasteiger partial charge in [-0.2, -0.15) is 0 Å². The van der Waals surface area contributed by atoms with Crippen LogP contribution in [0.1, 0.15) is 25.3 Å². The second-order valence-corrected chi connectivity index (χ2v) is 6.77. The van der Waals surface area contributed by atoms with Crippen molar-refractivity contribution in [2.45, 2.75) is 32.2 Å². The molecule has 0 aliphatic heterocycles. The minimum atomic E-state index is 0. The number of halogens is 1. The Bertz CT molecular complexity index is 500. The predicted molar refractivity (Wildman–Crippen MR) is 129 cm³/mol. The van der Waals surface area contributed by atoms with Crippen LogP contribution in [0.5, 0.6) is 0 Å². The van der Waals surface area contributed by atoms with Crippen molar-refractivity contribution in [3.05, 3.63) is 35.9 Å². The molecule has 28 heavy (non-hydrogen) atoms. The van der Waals surface area contributed by atoms with Crippen LogP contribution in [0.4, 0.5) is 0 Å². The van der Waals surface area contributed by atoms with Gasteiger partial charge in [0.05, 0.1) is 19.8 Å². The number of aliphatic imine (C=N–C) groups is 1. The summed E-state index contributed by atoms with van der Waals surface area (Å²) < 4.78 is 11.0. The van der Waals surface area contributed by atoms with Gasteiger partial charge in [-0.15, -0.1) is 24.0 Å². The summed E-state index contributed by atoms with van der Waals surface area (Å²) in [5, 5.41) is 6.71. The quantitative estimate of drug-likeness (QED) is 0.176. The first kappa shape index (κ1) is 27.1. The van der Waals surface area contributed by atoms with Crippen LogP contribution in [0.3, 0.4) is 0 Å². The summed E-state index contributed by atoms with van der Waals surface area (Å²) in [4.78, 5) is 6.53. The van der Waals surface area contributed by atoms with E-state index in [1.165, 1.54) is 5.56 Å². The van der Waals surface area contributed by atoms with E-state index >= 15 is 0 Å². The third-order valence-corrected chi connectivity index (χ3v) is 4.33. The monoisotopic (exact) mass is 506 g/mol. The fraction of sp³-hybridized carbons (Fsp3) is 0.667. The molecule has 0 aliphatic rings. The Morgan fingerprint density at radius 3 is 2.32 bits per heavy atom.